The summed E-state index contributed by atoms with van der Waals surface area (Å²) in [5, 5.41) is 3.38. The van der Waals surface area contributed by atoms with Gasteiger partial charge in [0.25, 0.3) is 0 Å². The normalized spacial score (nSPS) is 28.0. The minimum atomic E-state index is 0.172. The van der Waals surface area contributed by atoms with Gasteiger partial charge in [-0.05, 0) is 29.4 Å². The standard InChI is InChI=1S/C21H25N3O/c1-21(13-17(21)15-7-3-2-4-8-15)14-23-20(22)24-18-11-12-25-19-10-6-5-9-16(18)19/h2-10,17-18H,11-14H2,1H3,(H3,22,23,24)/t17-,18?,21-/m0/s1. The van der Waals surface area contributed by atoms with E-state index >= 15 is 0 Å². The van der Waals surface area contributed by atoms with Crippen molar-refractivity contribution in [2.75, 3.05) is 13.2 Å². The van der Waals surface area contributed by atoms with Gasteiger partial charge in [0.15, 0.2) is 5.96 Å². The van der Waals surface area contributed by atoms with Crippen molar-refractivity contribution in [2.45, 2.75) is 31.7 Å². The fourth-order valence-corrected chi connectivity index (χ4v) is 3.77. The molecule has 4 heteroatoms. The van der Waals surface area contributed by atoms with E-state index in [4.69, 9.17) is 10.5 Å². The van der Waals surface area contributed by atoms with Crippen LogP contribution >= 0.6 is 0 Å². The number of para-hydroxylation sites is 1. The first-order valence-corrected chi connectivity index (χ1v) is 8.99. The maximum Gasteiger partial charge on any atom is 0.189 e. The van der Waals surface area contributed by atoms with Crippen LogP contribution in [0, 0.1) is 5.41 Å². The number of nitrogens with two attached hydrogens (primary N) is 1. The van der Waals surface area contributed by atoms with Gasteiger partial charge in [-0.1, -0.05) is 55.5 Å². The molecule has 25 heavy (non-hydrogen) atoms. The number of benzene rings is 2. The van der Waals surface area contributed by atoms with Gasteiger partial charge in [0, 0.05) is 18.5 Å². The summed E-state index contributed by atoms with van der Waals surface area (Å²) >= 11 is 0. The molecule has 2 aliphatic rings. The minimum absolute atomic E-state index is 0.172. The van der Waals surface area contributed by atoms with Crippen LogP contribution in [-0.4, -0.2) is 19.1 Å². The highest BCUT2D eigenvalue weighted by atomic mass is 16.5. The Bertz CT molecular complexity index is 774. The summed E-state index contributed by atoms with van der Waals surface area (Å²) in [6.07, 6.45) is 2.07. The Balaban J connectivity index is 1.39. The van der Waals surface area contributed by atoms with Crippen molar-refractivity contribution in [2.24, 2.45) is 16.1 Å². The van der Waals surface area contributed by atoms with Gasteiger partial charge in [0.2, 0.25) is 0 Å². The number of aliphatic imine (C=N–C) groups is 1. The molecule has 1 heterocycles. The van der Waals surface area contributed by atoms with E-state index in [0.717, 1.165) is 24.3 Å². The van der Waals surface area contributed by atoms with Crippen molar-refractivity contribution in [1.29, 1.82) is 0 Å². The van der Waals surface area contributed by atoms with Gasteiger partial charge >= 0.3 is 0 Å². The van der Waals surface area contributed by atoms with E-state index in [2.05, 4.69) is 53.6 Å². The molecule has 1 aliphatic heterocycles. The number of guanidine groups is 1. The number of hydrogen-bond acceptors (Lipinski definition) is 2. The fraction of sp³-hybridized carbons (Fsp3) is 0.381. The topological polar surface area (TPSA) is 59.6 Å². The van der Waals surface area contributed by atoms with Gasteiger partial charge < -0.3 is 15.8 Å². The van der Waals surface area contributed by atoms with Crippen LogP contribution in [-0.2, 0) is 0 Å². The molecule has 0 aromatic heterocycles. The number of nitrogens with zero attached hydrogens (tertiary/aromatic N) is 1. The molecule has 2 aromatic carbocycles. The molecule has 0 saturated heterocycles. The Kier molecular flexibility index (Phi) is 4.12. The van der Waals surface area contributed by atoms with Crippen LogP contribution in [0.5, 0.6) is 5.75 Å². The third kappa shape index (κ3) is 3.34. The lowest BCUT2D eigenvalue weighted by molar-refractivity contribution is 0.262. The largest absolute Gasteiger partial charge is 0.493 e. The van der Waals surface area contributed by atoms with Crippen LogP contribution in [0.3, 0.4) is 0 Å². The molecule has 0 spiro atoms. The molecule has 1 unspecified atom stereocenters. The highest BCUT2D eigenvalue weighted by Gasteiger charge is 2.50. The van der Waals surface area contributed by atoms with E-state index in [1.54, 1.807) is 0 Å². The summed E-state index contributed by atoms with van der Waals surface area (Å²) in [5.41, 5.74) is 8.97. The van der Waals surface area contributed by atoms with Crippen LogP contribution in [0.25, 0.3) is 0 Å². The third-order valence-corrected chi connectivity index (χ3v) is 5.44. The Morgan fingerprint density at radius 2 is 1.96 bits per heavy atom. The van der Waals surface area contributed by atoms with E-state index in [0.29, 0.717) is 18.5 Å². The van der Waals surface area contributed by atoms with E-state index in [-0.39, 0.29) is 11.5 Å². The summed E-state index contributed by atoms with van der Waals surface area (Å²) in [4.78, 5) is 4.64. The number of ether oxygens (including phenoxy) is 1. The summed E-state index contributed by atoms with van der Waals surface area (Å²) < 4.78 is 5.70. The average molecular weight is 335 g/mol. The molecule has 3 atom stereocenters. The van der Waals surface area contributed by atoms with Crippen LogP contribution in [0.1, 0.15) is 42.9 Å². The van der Waals surface area contributed by atoms with Crippen LogP contribution < -0.4 is 15.8 Å². The number of fused-ring (bicyclic) bond motifs is 1. The lowest BCUT2D eigenvalue weighted by Crippen LogP contribution is -2.37. The van der Waals surface area contributed by atoms with Crippen molar-refractivity contribution in [3.8, 4) is 5.75 Å². The van der Waals surface area contributed by atoms with E-state index in [9.17, 15) is 0 Å². The first-order chi connectivity index (χ1) is 12.2. The summed E-state index contributed by atoms with van der Waals surface area (Å²) in [6, 6.07) is 19.0. The maximum absolute atomic E-state index is 6.18. The molecular weight excluding hydrogens is 310 g/mol. The van der Waals surface area contributed by atoms with Gasteiger partial charge in [-0.25, -0.2) is 0 Å². The molecule has 0 radical (unpaired) electrons. The lowest BCUT2D eigenvalue weighted by atomic mass is 10.0. The summed E-state index contributed by atoms with van der Waals surface area (Å²) in [6.45, 7) is 3.76. The smallest absolute Gasteiger partial charge is 0.189 e. The van der Waals surface area contributed by atoms with Gasteiger partial charge in [0.1, 0.15) is 5.75 Å². The Hall–Kier alpha value is -2.49. The number of rotatable bonds is 4. The number of hydrogen-bond donors (Lipinski definition) is 2. The molecule has 2 aromatic rings. The SMILES string of the molecule is C[C@@]1(CN=C(N)NC2CCOc3ccccc32)C[C@H]1c1ccccc1. The van der Waals surface area contributed by atoms with Crippen LogP contribution in [0.2, 0.25) is 0 Å². The van der Waals surface area contributed by atoms with E-state index < -0.39 is 0 Å². The second kappa shape index (κ2) is 6.43. The molecule has 3 N–H and O–H groups in total. The van der Waals surface area contributed by atoms with Crippen LogP contribution in [0.4, 0.5) is 0 Å². The van der Waals surface area contributed by atoms with Gasteiger partial charge in [0.05, 0.1) is 12.6 Å². The predicted octanol–water partition coefficient (Wildman–Crippen LogP) is 3.61. The first kappa shape index (κ1) is 16.0. The van der Waals surface area contributed by atoms with Crippen molar-refractivity contribution in [1.82, 2.24) is 5.32 Å². The highest BCUT2D eigenvalue weighted by Crippen LogP contribution is 2.59. The lowest BCUT2D eigenvalue weighted by Gasteiger charge is -2.27. The Morgan fingerprint density at radius 1 is 1.20 bits per heavy atom. The van der Waals surface area contributed by atoms with Crippen molar-refractivity contribution in [3.63, 3.8) is 0 Å². The molecule has 4 nitrogen and oxygen atoms in total. The quantitative estimate of drug-likeness (QED) is 0.663. The first-order valence-electron chi connectivity index (χ1n) is 8.99. The zero-order valence-electron chi connectivity index (χ0n) is 14.6. The average Bonchev–Trinajstić information content (AvgIpc) is 3.33. The van der Waals surface area contributed by atoms with Gasteiger partial charge in [-0.15, -0.1) is 0 Å². The third-order valence-electron chi connectivity index (χ3n) is 5.44. The van der Waals surface area contributed by atoms with Crippen LogP contribution in [0.15, 0.2) is 59.6 Å². The second-order valence-electron chi connectivity index (χ2n) is 7.39. The molecule has 1 aliphatic carbocycles. The Morgan fingerprint density at radius 3 is 2.80 bits per heavy atom. The van der Waals surface area contributed by atoms with Gasteiger partial charge in [-0.2, -0.15) is 0 Å². The van der Waals surface area contributed by atoms with Crippen molar-refractivity contribution in [3.05, 3.63) is 65.7 Å². The Labute approximate surface area is 149 Å². The molecule has 0 amide bonds. The monoisotopic (exact) mass is 335 g/mol. The van der Waals surface area contributed by atoms with E-state index in [1.807, 2.05) is 18.2 Å². The van der Waals surface area contributed by atoms with Crippen molar-refractivity contribution < 1.29 is 4.74 Å². The molecule has 4 rings (SSSR count). The maximum atomic E-state index is 6.18. The molecule has 1 fully saturated rings. The highest BCUT2D eigenvalue weighted by molar-refractivity contribution is 5.78. The predicted molar refractivity (Wildman–Crippen MR) is 101 cm³/mol. The molecule has 1 saturated carbocycles. The summed E-state index contributed by atoms with van der Waals surface area (Å²) in [7, 11) is 0. The zero-order valence-corrected chi connectivity index (χ0v) is 14.6. The van der Waals surface area contributed by atoms with E-state index in [1.165, 1.54) is 12.0 Å². The summed E-state index contributed by atoms with van der Waals surface area (Å²) in [5.74, 6) is 2.06. The fourth-order valence-electron chi connectivity index (χ4n) is 3.77. The number of nitrogens with one attached hydrogen (secondary N) is 1. The minimum Gasteiger partial charge on any atom is -0.493 e. The van der Waals surface area contributed by atoms with Crippen molar-refractivity contribution >= 4 is 5.96 Å². The second-order valence-corrected chi connectivity index (χ2v) is 7.39. The van der Waals surface area contributed by atoms with Gasteiger partial charge in [-0.3, -0.25) is 4.99 Å². The molecule has 130 valence electrons. The molecular formula is C21H25N3O. The zero-order chi connectivity index (χ0) is 17.3. The molecule has 0 bridgehead atoms.